The van der Waals surface area contributed by atoms with Crippen molar-refractivity contribution in [3.63, 3.8) is 0 Å². The van der Waals surface area contributed by atoms with E-state index in [2.05, 4.69) is 5.32 Å². The number of aliphatic hydroxyl groups excluding tert-OH is 1. The van der Waals surface area contributed by atoms with Crippen molar-refractivity contribution < 1.29 is 5.11 Å². The van der Waals surface area contributed by atoms with Gasteiger partial charge in [-0.05, 0) is 18.8 Å². The molecule has 1 saturated carbocycles. The molecule has 2 atom stereocenters. The fourth-order valence-corrected chi connectivity index (χ4v) is 1.69. The summed E-state index contributed by atoms with van der Waals surface area (Å²) in [7, 11) is 0. The standard InChI is InChI=1S/C7H13NO/c9-7-4-8-3-6(7)5-1-2-5/h5-9H,1-4H2/t6-,7+/m1/s1. The Hall–Kier alpha value is -0.0800. The lowest BCUT2D eigenvalue weighted by atomic mass is 10.0. The van der Waals surface area contributed by atoms with Crippen LogP contribution >= 0.6 is 0 Å². The van der Waals surface area contributed by atoms with E-state index in [0.717, 1.165) is 19.0 Å². The molecule has 0 aromatic rings. The fourth-order valence-electron chi connectivity index (χ4n) is 1.69. The summed E-state index contributed by atoms with van der Waals surface area (Å²) < 4.78 is 0. The van der Waals surface area contributed by atoms with Crippen molar-refractivity contribution in [3.05, 3.63) is 0 Å². The van der Waals surface area contributed by atoms with Crippen LogP contribution in [0.15, 0.2) is 0 Å². The molecule has 2 aliphatic rings. The van der Waals surface area contributed by atoms with Crippen LogP contribution in [0.5, 0.6) is 0 Å². The maximum absolute atomic E-state index is 9.34. The van der Waals surface area contributed by atoms with Gasteiger partial charge in [0.1, 0.15) is 0 Å². The molecule has 1 aliphatic carbocycles. The maximum atomic E-state index is 9.34. The van der Waals surface area contributed by atoms with Gasteiger partial charge in [-0.3, -0.25) is 0 Å². The summed E-state index contributed by atoms with van der Waals surface area (Å²) in [6.07, 6.45) is 2.66. The Labute approximate surface area is 55.3 Å². The molecule has 0 spiro atoms. The summed E-state index contributed by atoms with van der Waals surface area (Å²) in [5.41, 5.74) is 0. The zero-order valence-electron chi connectivity index (χ0n) is 5.51. The van der Waals surface area contributed by atoms with E-state index in [9.17, 15) is 5.11 Å². The maximum Gasteiger partial charge on any atom is 0.0707 e. The monoisotopic (exact) mass is 127 g/mol. The molecule has 0 aromatic carbocycles. The summed E-state index contributed by atoms with van der Waals surface area (Å²) in [6.45, 7) is 1.87. The Morgan fingerprint density at radius 3 is 2.44 bits per heavy atom. The predicted octanol–water partition coefficient (Wildman–Crippen LogP) is -0.0233. The van der Waals surface area contributed by atoms with Gasteiger partial charge in [0.15, 0.2) is 0 Å². The van der Waals surface area contributed by atoms with Gasteiger partial charge in [0, 0.05) is 19.0 Å². The van der Waals surface area contributed by atoms with Crippen LogP contribution < -0.4 is 5.32 Å². The molecule has 0 amide bonds. The van der Waals surface area contributed by atoms with Crippen molar-refractivity contribution in [2.24, 2.45) is 11.8 Å². The van der Waals surface area contributed by atoms with Gasteiger partial charge >= 0.3 is 0 Å². The van der Waals surface area contributed by atoms with E-state index in [4.69, 9.17) is 0 Å². The average molecular weight is 127 g/mol. The number of aliphatic hydroxyl groups is 1. The highest BCUT2D eigenvalue weighted by Gasteiger charge is 2.38. The second-order valence-electron chi connectivity index (χ2n) is 3.23. The molecule has 9 heavy (non-hydrogen) atoms. The van der Waals surface area contributed by atoms with E-state index >= 15 is 0 Å². The summed E-state index contributed by atoms with van der Waals surface area (Å²) in [5.74, 6) is 1.44. The normalized spacial score (nSPS) is 43.7. The molecule has 0 unspecified atom stereocenters. The second-order valence-corrected chi connectivity index (χ2v) is 3.23. The van der Waals surface area contributed by atoms with E-state index < -0.39 is 0 Å². The molecule has 1 aliphatic heterocycles. The highest BCUT2D eigenvalue weighted by Crippen LogP contribution is 2.39. The van der Waals surface area contributed by atoms with Gasteiger partial charge in [-0.2, -0.15) is 0 Å². The molecular formula is C7H13NO. The van der Waals surface area contributed by atoms with Crippen molar-refractivity contribution in [1.82, 2.24) is 5.32 Å². The first kappa shape index (κ1) is 5.69. The Morgan fingerprint density at radius 2 is 2.00 bits per heavy atom. The van der Waals surface area contributed by atoms with Gasteiger partial charge in [0.2, 0.25) is 0 Å². The highest BCUT2D eigenvalue weighted by atomic mass is 16.3. The third-order valence-corrected chi connectivity index (χ3v) is 2.46. The summed E-state index contributed by atoms with van der Waals surface area (Å²) >= 11 is 0. The summed E-state index contributed by atoms with van der Waals surface area (Å²) in [6, 6.07) is 0. The molecule has 2 heteroatoms. The van der Waals surface area contributed by atoms with Crippen molar-refractivity contribution in [2.75, 3.05) is 13.1 Å². The molecule has 1 heterocycles. The highest BCUT2D eigenvalue weighted by molar-refractivity contribution is 4.91. The van der Waals surface area contributed by atoms with E-state index in [0.29, 0.717) is 5.92 Å². The minimum absolute atomic E-state index is 0.0440. The van der Waals surface area contributed by atoms with Crippen LogP contribution in [0.25, 0.3) is 0 Å². The first-order chi connectivity index (χ1) is 4.38. The minimum atomic E-state index is -0.0440. The first-order valence-electron chi connectivity index (χ1n) is 3.76. The Kier molecular flexibility index (Phi) is 1.24. The van der Waals surface area contributed by atoms with Gasteiger partial charge in [0.05, 0.1) is 6.10 Å². The molecule has 0 aromatic heterocycles. The lowest BCUT2D eigenvalue weighted by molar-refractivity contribution is 0.136. The Balaban J connectivity index is 1.93. The molecule has 1 saturated heterocycles. The lowest BCUT2D eigenvalue weighted by Gasteiger charge is -2.09. The Morgan fingerprint density at radius 1 is 1.22 bits per heavy atom. The lowest BCUT2D eigenvalue weighted by Crippen LogP contribution is -2.19. The number of hydrogen-bond donors (Lipinski definition) is 2. The van der Waals surface area contributed by atoms with Gasteiger partial charge in [-0.15, -0.1) is 0 Å². The van der Waals surface area contributed by atoms with E-state index in [-0.39, 0.29) is 6.10 Å². The third kappa shape index (κ3) is 0.970. The number of rotatable bonds is 1. The van der Waals surface area contributed by atoms with Gasteiger partial charge in [0.25, 0.3) is 0 Å². The van der Waals surface area contributed by atoms with E-state index in [1.54, 1.807) is 0 Å². The molecule has 52 valence electrons. The predicted molar refractivity (Wildman–Crippen MR) is 35.1 cm³/mol. The molecule has 2 nitrogen and oxygen atoms in total. The van der Waals surface area contributed by atoms with Crippen molar-refractivity contribution >= 4 is 0 Å². The van der Waals surface area contributed by atoms with Crippen LogP contribution in [-0.2, 0) is 0 Å². The van der Waals surface area contributed by atoms with Gasteiger partial charge < -0.3 is 10.4 Å². The van der Waals surface area contributed by atoms with Gasteiger partial charge in [-0.1, -0.05) is 0 Å². The smallest absolute Gasteiger partial charge is 0.0707 e. The SMILES string of the molecule is O[C@H]1CNC[C@@H]1C1CC1. The van der Waals surface area contributed by atoms with Crippen molar-refractivity contribution in [1.29, 1.82) is 0 Å². The molecule has 2 rings (SSSR count). The minimum Gasteiger partial charge on any atom is -0.391 e. The first-order valence-corrected chi connectivity index (χ1v) is 3.76. The average Bonchev–Trinajstić information content (AvgIpc) is 2.58. The van der Waals surface area contributed by atoms with Crippen LogP contribution in [-0.4, -0.2) is 24.3 Å². The number of hydrogen-bond acceptors (Lipinski definition) is 2. The molecule has 0 bridgehead atoms. The number of β-amino-alcohol motifs (C(OH)–C–C–N with tert-alkyl or cyclic N) is 1. The van der Waals surface area contributed by atoms with Crippen LogP contribution in [0.4, 0.5) is 0 Å². The number of nitrogens with one attached hydrogen (secondary N) is 1. The van der Waals surface area contributed by atoms with Crippen LogP contribution in [0.3, 0.4) is 0 Å². The quantitative estimate of drug-likeness (QED) is 0.518. The molecular weight excluding hydrogens is 114 g/mol. The Bertz CT molecular complexity index is 111. The van der Waals surface area contributed by atoms with Crippen LogP contribution in [0.2, 0.25) is 0 Å². The zero-order valence-corrected chi connectivity index (χ0v) is 5.51. The van der Waals surface area contributed by atoms with Gasteiger partial charge in [-0.25, -0.2) is 0 Å². The largest absolute Gasteiger partial charge is 0.391 e. The summed E-state index contributed by atoms with van der Waals surface area (Å²) in [5, 5.41) is 12.5. The van der Waals surface area contributed by atoms with Crippen molar-refractivity contribution in [2.45, 2.75) is 18.9 Å². The van der Waals surface area contributed by atoms with Crippen LogP contribution in [0, 0.1) is 11.8 Å². The second kappa shape index (κ2) is 1.96. The van der Waals surface area contributed by atoms with E-state index in [1.807, 2.05) is 0 Å². The topological polar surface area (TPSA) is 32.3 Å². The fraction of sp³-hybridized carbons (Fsp3) is 1.00. The third-order valence-electron chi connectivity index (χ3n) is 2.46. The molecule has 2 fully saturated rings. The molecule has 0 radical (unpaired) electrons. The molecule has 2 N–H and O–H groups in total. The van der Waals surface area contributed by atoms with Crippen LogP contribution in [0.1, 0.15) is 12.8 Å². The van der Waals surface area contributed by atoms with Crippen molar-refractivity contribution in [3.8, 4) is 0 Å². The zero-order chi connectivity index (χ0) is 6.27. The summed E-state index contributed by atoms with van der Waals surface area (Å²) in [4.78, 5) is 0. The van der Waals surface area contributed by atoms with E-state index in [1.165, 1.54) is 12.8 Å².